The van der Waals surface area contributed by atoms with Crippen LogP contribution in [-0.4, -0.2) is 0 Å². The van der Waals surface area contributed by atoms with Gasteiger partial charge in [0, 0.05) is 10.4 Å². The number of hydrogen-bond acceptors (Lipinski definition) is 3. The Balaban J connectivity index is 1.92. The molecule has 0 atom stereocenters. The second kappa shape index (κ2) is 5.09. The van der Waals surface area contributed by atoms with Gasteiger partial charge in [-0.3, -0.25) is 0 Å². The molecule has 1 aromatic heterocycles. The highest BCUT2D eigenvalue weighted by Gasteiger charge is 2.05. The molecular weight excluding hydrogens is 225 g/mol. The van der Waals surface area contributed by atoms with E-state index < -0.39 is 0 Å². The van der Waals surface area contributed by atoms with E-state index in [4.69, 9.17) is 10.5 Å². The first-order chi connectivity index (χ1) is 7.77. The molecule has 16 heavy (non-hydrogen) atoms. The second-order valence-electron chi connectivity index (χ2n) is 3.39. The number of hydrogen-bond donors (Lipinski definition) is 1. The van der Waals surface area contributed by atoms with E-state index in [9.17, 15) is 4.39 Å². The van der Waals surface area contributed by atoms with E-state index in [-0.39, 0.29) is 18.1 Å². The van der Waals surface area contributed by atoms with E-state index >= 15 is 0 Å². The van der Waals surface area contributed by atoms with Gasteiger partial charge >= 0.3 is 0 Å². The minimum absolute atomic E-state index is 0.164. The summed E-state index contributed by atoms with van der Waals surface area (Å²) in [6.07, 6.45) is 0. The zero-order valence-corrected chi connectivity index (χ0v) is 9.47. The normalized spacial score (nSPS) is 10.6. The Bertz CT molecular complexity index is 456. The van der Waals surface area contributed by atoms with Crippen LogP contribution >= 0.6 is 11.3 Å². The van der Waals surface area contributed by atoms with Gasteiger partial charge in [0.15, 0.2) is 5.82 Å². The average molecular weight is 237 g/mol. The molecule has 4 heteroatoms. The molecule has 0 saturated heterocycles. The van der Waals surface area contributed by atoms with Crippen molar-refractivity contribution in [1.82, 2.24) is 0 Å². The van der Waals surface area contributed by atoms with Crippen molar-refractivity contribution in [3.63, 3.8) is 0 Å². The van der Waals surface area contributed by atoms with Crippen molar-refractivity contribution >= 4 is 17.0 Å². The fourth-order valence-corrected chi connectivity index (χ4v) is 2.01. The van der Waals surface area contributed by atoms with Gasteiger partial charge in [-0.2, -0.15) is 0 Å². The van der Waals surface area contributed by atoms with Gasteiger partial charge in [-0.25, -0.2) is 4.39 Å². The lowest BCUT2D eigenvalue weighted by Crippen LogP contribution is -1.99. The molecule has 0 saturated carbocycles. The molecule has 2 N–H and O–H groups in total. The first-order valence-electron chi connectivity index (χ1n) is 4.90. The summed E-state index contributed by atoms with van der Waals surface area (Å²) in [4.78, 5) is 1.13. The zero-order chi connectivity index (χ0) is 11.4. The molecule has 1 heterocycles. The lowest BCUT2D eigenvalue weighted by molar-refractivity contribution is 0.107. The number of anilines is 1. The Hall–Kier alpha value is -1.39. The van der Waals surface area contributed by atoms with Gasteiger partial charge in [0.05, 0.1) is 18.9 Å². The summed E-state index contributed by atoms with van der Waals surface area (Å²) < 4.78 is 18.9. The van der Waals surface area contributed by atoms with Crippen molar-refractivity contribution < 1.29 is 9.13 Å². The first-order valence-corrected chi connectivity index (χ1v) is 5.78. The molecule has 2 rings (SSSR count). The van der Waals surface area contributed by atoms with Crippen molar-refractivity contribution in [2.75, 3.05) is 5.73 Å². The van der Waals surface area contributed by atoms with E-state index in [1.807, 2.05) is 17.5 Å². The maximum absolute atomic E-state index is 13.5. The fourth-order valence-electron chi connectivity index (χ4n) is 1.37. The third-order valence-electron chi connectivity index (χ3n) is 2.19. The van der Waals surface area contributed by atoms with E-state index in [1.165, 1.54) is 6.07 Å². The number of thiophene rings is 1. The minimum Gasteiger partial charge on any atom is -0.396 e. The molecule has 0 unspecified atom stereocenters. The van der Waals surface area contributed by atoms with Gasteiger partial charge in [0.1, 0.15) is 0 Å². The van der Waals surface area contributed by atoms with Crippen molar-refractivity contribution in [3.8, 4) is 0 Å². The van der Waals surface area contributed by atoms with Crippen LogP contribution in [0.2, 0.25) is 0 Å². The zero-order valence-electron chi connectivity index (χ0n) is 8.65. The van der Waals surface area contributed by atoms with E-state index in [2.05, 4.69) is 0 Å². The third kappa shape index (κ3) is 2.59. The summed E-state index contributed by atoms with van der Waals surface area (Å²) in [6, 6.07) is 8.89. The number of nitrogen functional groups attached to an aromatic ring is 1. The van der Waals surface area contributed by atoms with Crippen molar-refractivity contribution in [1.29, 1.82) is 0 Å². The third-order valence-corrected chi connectivity index (χ3v) is 3.04. The highest BCUT2D eigenvalue weighted by atomic mass is 32.1. The van der Waals surface area contributed by atoms with Crippen molar-refractivity contribution in [2.45, 2.75) is 13.2 Å². The fraction of sp³-hybridized carbons (Fsp3) is 0.167. The van der Waals surface area contributed by atoms with Gasteiger partial charge in [0.25, 0.3) is 0 Å². The molecule has 0 radical (unpaired) electrons. The summed E-state index contributed by atoms with van der Waals surface area (Å²) in [5, 5.41) is 1.99. The summed E-state index contributed by atoms with van der Waals surface area (Å²) >= 11 is 1.62. The maximum Gasteiger partial charge on any atom is 0.151 e. The van der Waals surface area contributed by atoms with Crippen LogP contribution in [0.25, 0.3) is 0 Å². The average Bonchev–Trinajstić information content (AvgIpc) is 2.77. The summed E-state index contributed by atoms with van der Waals surface area (Å²) in [6.45, 7) is 0.751. The topological polar surface area (TPSA) is 35.2 Å². The molecule has 0 aliphatic heterocycles. The highest BCUT2D eigenvalue weighted by Crippen LogP contribution is 2.17. The Morgan fingerprint density at radius 1 is 1.19 bits per heavy atom. The van der Waals surface area contributed by atoms with E-state index in [1.54, 1.807) is 23.5 Å². The summed E-state index contributed by atoms with van der Waals surface area (Å²) in [5.74, 6) is -0.381. The Morgan fingerprint density at radius 3 is 2.81 bits per heavy atom. The minimum atomic E-state index is -0.381. The molecule has 2 aromatic rings. The molecule has 0 aliphatic carbocycles. The van der Waals surface area contributed by atoms with Gasteiger partial charge < -0.3 is 10.5 Å². The van der Waals surface area contributed by atoms with Gasteiger partial charge in [0.2, 0.25) is 0 Å². The van der Waals surface area contributed by atoms with Crippen LogP contribution in [-0.2, 0) is 18.0 Å². The summed E-state index contributed by atoms with van der Waals surface area (Å²) in [7, 11) is 0. The lowest BCUT2D eigenvalue weighted by Gasteiger charge is -2.05. The van der Waals surface area contributed by atoms with Crippen LogP contribution in [0.3, 0.4) is 0 Å². The molecule has 0 bridgehead atoms. The quantitative estimate of drug-likeness (QED) is 0.829. The lowest BCUT2D eigenvalue weighted by atomic mass is 10.2. The van der Waals surface area contributed by atoms with Gasteiger partial charge in [-0.1, -0.05) is 18.2 Å². The maximum atomic E-state index is 13.5. The van der Waals surface area contributed by atoms with Crippen LogP contribution in [0.1, 0.15) is 10.4 Å². The van der Waals surface area contributed by atoms with Crippen LogP contribution in [0.4, 0.5) is 10.1 Å². The molecule has 84 valence electrons. The molecule has 0 spiro atoms. The molecular formula is C12H12FNOS. The van der Waals surface area contributed by atoms with Gasteiger partial charge in [-0.15, -0.1) is 11.3 Å². The SMILES string of the molecule is Nc1cccc(COCc2cccs2)c1F. The highest BCUT2D eigenvalue weighted by molar-refractivity contribution is 7.09. The standard InChI is InChI=1S/C12H12FNOS/c13-12-9(3-1-5-11(12)14)7-15-8-10-4-2-6-16-10/h1-6H,7-8,14H2. The van der Waals surface area contributed by atoms with E-state index in [0.717, 1.165) is 4.88 Å². The molecule has 0 aliphatic rings. The van der Waals surface area contributed by atoms with E-state index in [0.29, 0.717) is 12.2 Å². The molecule has 1 aromatic carbocycles. The van der Waals surface area contributed by atoms with Gasteiger partial charge in [-0.05, 0) is 17.5 Å². The van der Waals surface area contributed by atoms with Crippen molar-refractivity contribution in [3.05, 3.63) is 52.0 Å². The second-order valence-corrected chi connectivity index (χ2v) is 4.42. The monoisotopic (exact) mass is 237 g/mol. The molecule has 0 fully saturated rings. The Labute approximate surface area is 97.5 Å². The van der Waals surface area contributed by atoms with Crippen molar-refractivity contribution in [2.24, 2.45) is 0 Å². The Kier molecular flexibility index (Phi) is 3.54. The predicted octanol–water partition coefficient (Wildman–Crippen LogP) is 3.19. The predicted molar refractivity (Wildman–Crippen MR) is 63.6 cm³/mol. The number of benzene rings is 1. The largest absolute Gasteiger partial charge is 0.396 e. The molecule has 2 nitrogen and oxygen atoms in total. The van der Waals surface area contributed by atoms with Crippen LogP contribution in [0.15, 0.2) is 35.7 Å². The van der Waals surface area contributed by atoms with Crippen LogP contribution in [0, 0.1) is 5.82 Å². The first kappa shape index (κ1) is 11.1. The number of ether oxygens (including phenoxy) is 1. The number of nitrogens with two attached hydrogens (primary N) is 1. The van der Waals surface area contributed by atoms with Crippen LogP contribution < -0.4 is 5.73 Å². The number of halogens is 1. The molecule has 0 amide bonds. The Morgan fingerprint density at radius 2 is 2.06 bits per heavy atom. The number of rotatable bonds is 4. The smallest absolute Gasteiger partial charge is 0.151 e. The summed E-state index contributed by atoms with van der Waals surface area (Å²) in [5.41, 5.74) is 6.12. The van der Waals surface area contributed by atoms with Crippen LogP contribution in [0.5, 0.6) is 0 Å².